The number of hydrogen-bond donors (Lipinski definition) is 0. The second kappa shape index (κ2) is 4.09. The molecule has 2 aliphatic heterocycles. The molecule has 3 aliphatic rings. The average molecular weight is 264 g/mol. The van der Waals surface area contributed by atoms with Crippen LogP contribution in [0.5, 0.6) is 0 Å². The SMILES string of the molecule is C=C1C(=O)O[C@H]2C[C@@H](C)C3CC(=O)OC[C@@]3(C)CC12. The molecule has 0 aromatic heterocycles. The van der Waals surface area contributed by atoms with E-state index in [1.807, 2.05) is 0 Å². The Hall–Kier alpha value is -1.32. The Morgan fingerprint density at radius 2 is 2.11 bits per heavy atom. The van der Waals surface area contributed by atoms with Crippen LogP contribution in [0.4, 0.5) is 0 Å². The molecular formula is C15H20O4. The van der Waals surface area contributed by atoms with Gasteiger partial charge in [0.1, 0.15) is 6.10 Å². The van der Waals surface area contributed by atoms with E-state index in [4.69, 9.17) is 9.47 Å². The van der Waals surface area contributed by atoms with E-state index in [0.717, 1.165) is 12.8 Å². The van der Waals surface area contributed by atoms with Crippen molar-refractivity contribution < 1.29 is 19.1 Å². The van der Waals surface area contributed by atoms with Gasteiger partial charge in [-0.15, -0.1) is 0 Å². The highest BCUT2D eigenvalue weighted by Crippen LogP contribution is 2.52. The van der Waals surface area contributed by atoms with Gasteiger partial charge >= 0.3 is 11.9 Å². The van der Waals surface area contributed by atoms with E-state index < -0.39 is 0 Å². The van der Waals surface area contributed by atoms with Crippen LogP contribution in [-0.4, -0.2) is 24.6 Å². The lowest BCUT2D eigenvalue weighted by atomic mass is 9.66. The van der Waals surface area contributed by atoms with E-state index in [0.29, 0.717) is 30.4 Å². The van der Waals surface area contributed by atoms with Crippen molar-refractivity contribution in [2.75, 3.05) is 6.61 Å². The maximum atomic E-state index is 11.7. The highest BCUT2D eigenvalue weighted by Gasteiger charge is 2.52. The number of cyclic esters (lactones) is 1. The molecule has 0 amide bonds. The van der Waals surface area contributed by atoms with Crippen molar-refractivity contribution in [3.63, 3.8) is 0 Å². The Labute approximate surface area is 113 Å². The van der Waals surface area contributed by atoms with Crippen molar-refractivity contribution >= 4 is 11.9 Å². The van der Waals surface area contributed by atoms with Crippen molar-refractivity contribution in [2.45, 2.75) is 39.2 Å². The van der Waals surface area contributed by atoms with Gasteiger partial charge in [-0.3, -0.25) is 4.79 Å². The number of fused-ring (bicyclic) bond motifs is 2. The molecule has 3 rings (SSSR count). The molecule has 0 bridgehead atoms. The van der Waals surface area contributed by atoms with Crippen LogP contribution in [0.1, 0.15) is 33.1 Å². The molecule has 2 heterocycles. The number of ether oxygens (including phenoxy) is 2. The molecule has 0 spiro atoms. The minimum absolute atomic E-state index is 0.0625. The lowest BCUT2D eigenvalue weighted by molar-refractivity contribution is -0.162. The smallest absolute Gasteiger partial charge is 0.334 e. The molecule has 0 N–H and O–H groups in total. The number of carbonyl (C=O) groups excluding carboxylic acids is 2. The van der Waals surface area contributed by atoms with Crippen LogP contribution in [0.3, 0.4) is 0 Å². The predicted molar refractivity (Wildman–Crippen MR) is 68.1 cm³/mol. The molecule has 1 aliphatic carbocycles. The van der Waals surface area contributed by atoms with Crippen LogP contribution in [0.25, 0.3) is 0 Å². The van der Waals surface area contributed by atoms with Gasteiger partial charge in [0.15, 0.2) is 0 Å². The van der Waals surface area contributed by atoms with Gasteiger partial charge < -0.3 is 9.47 Å². The van der Waals surface area contributed by atoms with Crippen LogP contribution < -0.4 is 0 Å². The summed E-state index contributed by atoms with van der Waals surface area (Å²) in [5.41, 5.74) is 0.528. The zero-order chi connectivity index (χ0) is 13.8. The third kappa shape index (κ3) is 1.88. The van der Waals surface area contributed by atoms with Crippen LogP contribution in [0.15, 0.2) is 12.2 Å². The number of esters is 2. The molecule has 19 heavy (non-hydrogen) atoms. The van der Waals surface area contributed by atoms with Gasteiger partial charge in [0.25, 0.3) is 0 Å². The predicted octanol–water partition coefficient (Wildman–Crippen LogP) is 2.08. The highest BCUT2D eigenvalue weighted by atomic mass is 16.6. The van der Waals surface area contributed by atoms with Gasteiger partial charge in [-0.25, -0.2) is 4.79 Å². The number of hydrogen-bond acceptors (Lipinski definition) is 4. The second-order valence-corrected chi connectivity index (χ2v) is 6.62. The molecule has 4 heteroatoms. The van der Waals surface area contributed by atoms with Gasteiger partial charge in [0.05, 0.1) is 6.61 Å². The zero-order valence-corrected chi connectivity index (χ0v) is 11.5. The Balaban J connectivity index is 1.93. The van der Waals surface area contributed by atoms with Gasteiger partial charge in [-0.05, 0) is 24.7 Å². The third-order valence-electron chi connectivity index (χ3n) is 5.24. The van der Waals surface area contributed by atoms with E-state index in [1.54, 1.807) is 0 Å². The fourth-order valence-corrected chi connectivity index (χ4v) is 4.11. The summed E-state index contributed by atoms with van der Waals surface area (Å²) >= 11 is 0. The second-order valence-electron chi connectivity index (χ2n) is 6.62. The third-order valence-corrected chi connectivity index (χ3v) is 5.24. The quantitative estimate of drug-likeness (QED) is 0.496. The first-order valence-electron chi connectivity index (χ1n) is 6.96. The number of rotatable bonds is 0. The summed E-state index contributed by atoms with van der Waals surface area (Å²) in [4.78, 5) is 23.2. The Morgan fingerprint density at radius 3 is 2.84 bits per heavy atom. The first kappa shape index (κ1) is 12.7. The zero-order valence-electron chi connectivity index (χ0n) is 11.5. The van der Waals surface area contributed by atoms with E-state index in [9.17, 15) is 9.59 Å². The largest absolute Gasteiger partial charge is 0.465 e. The average Bonchev–Trinajstić information content (AvgIpc) is 2.54. The van der Waals surface area contributed by atoms with Crippen LogP contribution >= 0.6 is 0 Å². The van der Waals surface area contributed by atoms with Gasteiger partial charge in [0.2, 0.25) is 0 Å². The molecule has 5 atom stereocenters. The van der Waals surface area contributed by atoms with E-state index in [2.05, 4.69) is 20.4 Å². The molecule has 4 nitrogen and oxygen atoms in total. The van der Waals surface area contributed by atoms with Crippen LogP contribution in [0.2, 0.25) is 0 Å². The fourth-order valence-electron chi connectivity index (χ4n) is 4.11. The highest BCUT2D eigenvalue weighted by molar-refractivity contribution is 5.90. The molecule has 0 aromatic carbocycles. The summed E-state index contributed by atoms with van der Waals surface area (Å²) in [5, 5.41) is 0. The summed E-state index contributed by atoms with van der Waals surface area (Å²) in [6.45, 7) is 8.65. The van der Waals surface area contributed by atoms with E-state index in [1.165, 1.54) is 0 Å². The Kier molecular flexibility index (Phi) is 2.73. The molecule has 0 radical (unpaired) electrons. The molecule has 1 saturated carbocycles. The fraction of sp³-hybridized carbons (Fsp3) is 0.733. The maximum absolute atomic E-state index is 11.7. The summed E-state index contributed by atoms with van der Waals surface area (Å²) in [5.74, 6) is 0.397. The van der Waals surface area contributed by atoms with Crippen molar-refractivity contribution in [2.24, 2.45) is 23.2 Å². The van der Waals surface area contributed by atoms with Crippen molar-refractivity contribution in [3.05, 3.63) is 12.2 Å². The topological polar surface area (TPSA) is 52.6 Å². The monoisotopic (exact) mass is 264 g/mol. The Morgan fingerprint density at radius 1 is 1.37 bits per heavy atom. The number of carbonyl (C=O) groups is 2. The van der Waals surface area contributed by atoms with Crippen molar-refractivity contribution in [1.29, 1.82) is 0 Å². The van der Waals surface area contributed by atoms with Gasteiger partial charge in [-0.2, -0.15) is 0 Å². The molecular weight excluding hydrogens is 244 g/mol. The molecule has 0 aromatic rings. The minimum atomic E-state index is -0.253. The summed E-state index contributed by atoms with van der Waals surface area (Å²) in [6.07, 6.45) is 2.07. The van der Waals surface area contributed by atoms with Gasteiger partial charge in [0, 0.05) is 23.3 Å². The van der Waals surface area contributed by atoms with Crippen molar-refractivity contribution in [1.82, 2.24) is 0 Å². The summed E-state index contributed by atoms with van der Waals surface area (Å²) in [7, 11) is 0. The van der Waals surface area contributed by atoms with E-state index >= 15 is 0 Å². The van der Waals surface area contributed by atoms with E-state index in [-0.39, 0.29) is 29.4 Å². The molecule has 2 saturated heterocycles. The standard InChI is InChI=1S/C15H20O4/c1-8-4-12-10(9(2)14(17)19-12)6-15(3)7-18-13(16)5-11(8)15/h8,10-12H,2,4-7H2,1,3H3/t8-,10?,11?,12+,15-/m1/s1. The molecule has 3 fully saturated rings. The Bertz CT molecular complexity index is 455. The summed E-state index contributed by atoms with van der Waals surface area (Å²) in [6, 6.07) is 0. The van der Waals surface area contributed by atoms with Crippen LogP contribution in [-0.2, 0) is 19.1 Å². The first-order valence-corrected chi connectivity index (χ1v) is 6.96. The van der Waals surface area contributed by atoms with Crippen molar-refractivity contribution in [3.8, 4) is 0 Å². The van der Waals surface area contributed by atoms with Gasteiger partial charge in [-0.1, -0.05) is 20.4 Å². The summed E-state index contributed by atoms with van der Waals surface area (Å²) < 4.78 is 10.7. The lowest BCUT2D eigenvalue weighted by Crippen LogP contribution is -2.42. The van der Waals surface area contributed by atoms with Crippen LogP contribution in [0, 0.1) is 23.2 Å². The lowest BCUT2D eigenvalue weighted by Gasteiger charge is -2.42. The maximum Gasteiger partial charge on any atom is 0.334 e. The molecule has 2 unspecified atom stereocenters. The first-order chi connectivity index (χ1) is 8.90. The molecule has 104 valence electrons. The minimum Gasteiger partial charge on any atom is -0.465 e. The normalized spacial score (nSPS) is 45.9.